The molecule has 2 aromatic rings. The largest absolute Gasteiger partial charge is 0.507 e. The summed E-state index contributed by atoms with van der Waals surface area (Å²) in [6.07, 6.45) is 2.39. The first-order valence-electron chi connectivity index (χ1n) is 9.13. The van der Waals surface area contributed by atoms with Crippen LogP contribution in [0.25, 0.3) is 0 Å². The van der Waals surface area contributed by atoms with Crippen molar-refractivity contribution < 1.29 is 28.4 Å². The Morgan fingerprint density at radius 2 is 1.70 bits per heavy atom. The standard InChI is InChI=1S/C19H22Cl2NO6PS/c1-30(27,22-7-3-2-4-8-22)18-11-14(5-6-17(18)23)28-19-15(20)9-13(10-16(19)21)12-29(24,25)26/h5-6,9-11,23H,1-4,7-8,12H2,(H2,24,25,26). The van der Waals surface area contributed by atoms with E-state index in [2.05, 4.69) is 5.87 Å². The van der Waals surface area contributed by atoms with Crippen LogP contribution in [-0.2, 0) is 20.4 Å². The van der Waals surface area contributed by atoms with E-state index in [-0.39, 0.29) is 37.8 Å². The molecular formula is C19H22Cl2NO6PS. The van der Waals surface area contributed by atoms with Crippen molar-refractivity contribution in [2.75, 3.05) is 13.1 Å². The number of piperidine rings is 1. The topological polar surface area (TPSA) is 107 Å². The fourth-order valence-electron chi connectivity index (χ4n) is 3.27. The van der Waals surface area contributed by atoms with Gasteiger partial charge < -0.3 is 19.6 Å². The van der Waals surface area contributed by atoms with Gasteiger partial charge in [-0.15, -0.1) is 0 Å². The van der Waals surface area contributed by atoms with E-state index in [9.17, 15) is 13.9 Å². The Balaban J connectivity index is 1.91. The Kier molecular flexibility index (Phi) is 7.09. The van der Waals surface area contributed by atoms with Gasteiger partial charge in [0, 0.05) is 19.2 Å². The molecule has 164 valence electrons. The second kappa shape index (κ2) is 9.09. The molecule has 1 saturated heterocycles. The maximum atomic E-state index is 13.4. The van der Waals surface area contributed by atoms with Crippen molar-refractivity contribution in [3.8, 4) is 17.2 Å². The fraction of sp³-hybridized carbons (Fsp3) is 0.316. The highest BCUT2D eigenvalue weighted by atomic mass is 35.5. The molecule has 1 atom stereocenters. The molecule has 0 saturated carbocycles. The van der Waals surface area contributed by atoms with E-state index in [0.29, 0.717) is 13.1 Å². The number of phenols is 1. The highest BCUT2D eigenvalue weighted by Gasteiger charge is 2.24. The molecule has 0 aromatic heterocycles. The molecule has 0 spiro atoms. The first-order valence-corrected chi connectivity index (χ1v) is 13.4. The van der Waals surface area contributed by atoms with Gasteiger partial charge in [-0.1, -0.05) is 29.6 Å². The minimum absolute atomic E-state index is 0.0620. The lowest BCUT2D eigenvalue weighted by Gasteiger charge is -2.30. The van der Waals surface area contributed by atoms with Gasteiger partial charge in [0.2, 0.25) is 0 Å². The van der Waals surface area contributed by atoms with Crippen molar-refractivity contribution >= 4 is 46.4 Å². The SMILES string of the molecule is C=S(=O)(c1cc(Oc2c(Cl)cc(CP(=O)(O)O)cc2Cl)ccc1O)N1CCCCC1. The number of benzene rings is 2. The number of aromatic hydroxyl groups is 1. The zero-order valence-electron chi connectivity index (χ0n) is 16.0. The highest BCUT2D eigenvalue weighted by Crippen LogP contribution is 2.44. The maximum absolute atomic E-state index is 13.4. The Morgan fingerprint density at radius 1 is 1.10 bits per heavy atom. The molecule has 0 radical (unpaired) electrons. The number of hydrogen-bond acceptors (Lipinski definition) is 4. The molecule has 11 heteroatoms. The van der Waals surface area contributed by atoms with Gasteiger partial charge in [-0.2, -0.15) is 0 Å². The molecule has 0 amide bonds. The molecule has 7 nitrogen and oxygen atoms in total. The van der Waals surface area contributed by atoms with Gasteiger partial charge in [0.25, 0.3) is 0 Å². The lowest BCUT2D eigenvalue weighted by atomic mass is 10.2. The highest BCUT2D eigenvalue weighted by molar-refractivity contribution is 7.98. The number of phenolic OH excluding ortho intramolecular Hbond substituents is 1. The molecule has 0 bridgehead atoms. The third kappa shape index (κ3) is 5.51. The predicted octanol–water partition coefficient (Wildman–Crippen LogP) is 4.65. The van der Waals surface area contributed by atoms with Crippen LogP contribution in [0.4, 0.5) is 0 Å². The summed E-state index contributed by atoms with van der Waals surface area (Å²) in [5, 5.41) is 10.4. The minimum Gasteiger partial charge on any atom is -0.507 e. The lowest BCUT2D eigenvalue weighted by Crippen LogP contribution is -2.35. The van der Waals surface area contributed by atoms with Crippen LogP contribution in [0.15, 0.2) is 35.2 Å². The Bertz CT molecular complexity index is 1070. The third-order valence-corrected chi connectivity index (χ3v) is 8.23. The second-order valence-electron chi connectivity index (χ2n) is 7.07. The van der Waals surface area contributed by atoms with E-state index in [4.69, 9.17) is 37.7 Å². The van der Waals surface area contributed by atoms with Crippen molar-refractivity contribution in [2.45, 2.75) is 30.3 Å². The fourth-order valence-corrected chi connectivity index (χ4v) is 6.36. The lowest BCUT2D eigenvalue weighted by molar-refractivity contribution is 0.362. The molecule has 0 aliphatic carbocycles. The first-order chi connectivity index (χ1) is 14.0. The van der Waals surface area contributed by atoms with Crippen LogP contribution in [0, 0.1) is 0 Å². The average molecular weight is 494 g/mol. The smallest absolute Gasteiger partial charge is 0.329 e. The summed E-state index contributed by atoms with van der Waals surface area (Å²) >= 11 is 12.4. The van der Waals surface area contributed by atoms with Gasteiger partial charge in [-0.25, -0.2) is 8.51 Å². The normalized spacial score (nSPS) is 17.5. The van der Waals surface area contributed by atoms with Crippen LogP contribution >= 0.6 is 30.8 Å². The van der Waals surface area contributed by atoms with E-state index in [1.807, 2.05) is 0 Å². The zero-order chi connectivity index (χ0) is 22.1. The molecule has 1 fully saturated rings. The summed E-state index contributed by atoms with van der Waals surface area (Å²) < 4.78 is 32.1. The molecule has 1 heterocycles. The van der Waals surface area contributed by atoms with Gasteiger partial charge in [-0.3, -0.25) is 4.57 Å². The van der Waals surface area contributed by atoms with E-state index >= 15 is 0 Å². The Hall–Kier alpha value is -1.25. The van der Waals surface area contributed by atoms with Crippen molar-refractivity contribution in [1.82, 2.24) is 4.31 Å². The van der Waals surface area contributed by atoms with Gasteiger partial charge in [0.15, 0.2) is 5.75 Å². The molecule has 1 aliphatic rings. The molecular weight excluding hydrogens is 472 g/mol. The van der Waals surface area contributed by atoms with Crippen molar-refractivity contribution in [3.63, 3.8) is 0 Å². The molecule has 30 heavy (non-hydrogen) atoms. The predicted molar refractivity (Wildman–Crippen MR) is 119 cm³/mol. The number of halogens is 2. The number of hydrogen-bond donors (Lipinski definition) is 3. The molecule has 3 N–H and O–H groups in total. The zero-order valence-corrected chi connectivity index (χ0v) is 19.2. The third-order valence-electron chi connectivity index (χ3n) is 4.67. The van der Waals surface area contributed by atoms with E-state index in [1.165, 1.54) is 30.3 Å². The second-order valence-corrected chi connectivity index (χ2v) is 11.8. The van der Waals surface area contributed by atoms with Crippen LogP contribution in [0.2, 0.25) is 10.0 Å². The minimum atomic E-state index is -4.28. The first kappa shape index (κ1) is 23.4. The number of rotatable bonds is 6. The molecule has 1 unspecified atom stereocenters. The number of nitrogens with zero attached hydrogens (tertiary/aromatic N) is 1. The van der Waals surface area contributed by atoms with Crippen LogP contribution in [0.5, 0.6) is 17.2 Å². The van der Waals surface area contributed by atoms with Crippen LogP contribution in [-0.4, -0.2) is 42.4 Å². The van der Waals surface area contributed by atoms with Gasteiger partial charge in [0.05, 0.1) is 30.8 Å². The van der Waals surface area contributed by atoms with E-state index in [1.54, 1.807) is 4.31 Å². The molecule has 2 aromatic carbocycles. The summed E-state index contributed by atoms with van der Waals surface area (Å²) in [7, 11) is -7.19. The Labute approximate surface area is 185 Å². The summed E-state index contributed by atoms with van der Waals surface area (Å²) in [6, 6.07) is 7.00. The van der Waals surface area contributed by atoms with Gasteiger partial charge >= 0.3 is 7.60 Å². The average Bonchev–Trinajstić information content (AvgIpc) is 2.65. The molecule has 1 aliphatic heterocycles. The summed E-state index contributed by atoms with van der Waals surface area (Å²) in [5.74, 6) is 4.04. The maximum Gasteiger partial charge on any atom is 0.329 e. The summed E-state index contributed by atoms with van der Waals surface area (Å²) in [4.78, 5) is 18.4. The van der Waals surface area contributed by atoms with E-state index in [0.717, 1.165) is 19.3 Å². The van der Waals surface area contributed by atoms with Crippen molar-refractivity contribution in [3.05, 3.63) is 45.9 Å². The van der Waals surface area contributed by atoms with Crippen LogP contribution in [0.3, 0.4) is 0 Å². The number of ether oxygens (including phenoxy) is 1. The van der Waals surface area contributed by atoms with Crippen molar-refractivity contribution in [2.24, 2.45) is 0 Å². The Morgan fingerprint density at radius 3 is 2.27 bits per heavy atom. The summed E-state index contributed by atoms with van der Waals surface area (Å²) in [6.45, 7) is 1.26. The van der Waals surface area contributed by atoms with Crippen LogP contribution < -0.4 is 4.74 Å². The quantitative estimate of drug-likeness (QED) is 0.399. The van der Waals surface area contributed by atoms with Crippen LogP contribution in [0.1, 0.15) is 24.8 Å². The van der Waals surface area contributed by atoms with E-state index < -0.39 is 23.5 Å². The van der Waals surface area contributed by atoms with Crippen molar-refractivity contribution in [1.29, 1.82) is 0 Å². The van der Waals surface area contributed by atoms with Gasteiger partial charge in [-0.05, 0) is 48.5 Å². The monoisotopic (exact) mass is 493 g/mol. The summed E-state index contributed by atoms with van der Waals surface area (Å²) in [5.41, 5.74) is 0.267. The van der Waals surface area contributed by atoms with Gasteiger partial charge in [0.1, 0.15) is 11.5 Å². The molecule has 3 rings (SSSR count).